The predicted molar refractivity (Wildman–Crippen MR) is 116 cm³/mol. The summed E-state index contributed by atoms with van der Waals surface area (Å²) in [6, 6.07) is 0. The van der Waals surface area contributed by atoms with Crippen molar-refractivity contribution in [2.24, 2.45) is 0 Å². The van der Waals surface area contributed by atoms with Gasteiger partial charge >= 0.3 is 0 Å². The first-order valence-electron chi connectivity index (χ1n) is 11.4. The van der Waals surface area contributed by atoms with Crippen molar-refractivity contribution in [2.45, 2.75) is 110 Å². The van der Waals surface area contributed by atoms with Crippen LogP contribution in [0.2, 0.25) is 0 Å². The summed E-state index contributed by atoms with van der Waals surface area (Å²) in [5.41, 5.74) is 0. The molecule has 0 atom stereocenters. The fraction of sp³-hybridized carbons (Fsp3) is 0.864. The molecule has 1 amide bonds. The van der Waals surface area contributed by atoms with Gasteiger partial charge in [-0.15, -0.1) is 0 Å². The first-order valence-corrected chi connectivity index (χ1v) is 13.2. The quantitative estimate of drug-likeness (QED) is 0.175. The van der Waals surface area contributed by atoms with E-state index in [0.29, 0.717) is 25.8 Å². The Morgan fingerprint density at radius 3 is 1.93 bits per heavy atom. The summed E-state index contributed by atoms with van der Waals surface area (Å²) in [6.45, 7) is 2.73. The van der Waals surface area contributed by atoms with Gasteiger partial charge in [-0.1, -0.05) is 70.4 Å². The summed E-state index contributed by atoms with van der Waals surface area (Å²) in [4.78, 5) is 41.5. The molecule has 28 heavy (non-hydrogen) atoms. The van der Waals surface area contributed by atoms with E-state index in [2.05, 4.69) is 24.4 Å². The van der Waals surface area contributed by atoms with Gasteiger partial charge in [0, 0.05) is 20.9 Å². The summed E-state index contributed by atoms with van der Waals surface area (Å²) in [5.74, 6) is 0.0342. The average Bonchev–Trinajstić information content (AvgIpc) is 2.63. The summed E-state index contributed by atoms with van der Waals surface area (Å²) < 4.78 is 0. The van der Waals surface area contributed by atoms with Gasteiger partial charge < -0.3 is 15.1 Å². The van der Waals surface area contributed by atoms with E-state index in [0.717, 1.165) is 12.8 Å². The monoisotopic (exact) mass is 416 g/mol. The standard InChI is InChI=1S/C22H44NO4P/c1-2-3-4-5-6-7-8-9-10-11-12-13-14-15-16-19-22(24)23-20-17-18-21-28(25,26)27/h9-10H,2-8,11-21H2,1H3,(H,23,24)(H2,25,26,27)/p-1/b10-9-. The summed E-state index contributed by atoms with van der Waals surface area (Å²) in [6.07, 6.45) is 22.1. The van der Waals surface area contributed by atoms with Gasteiger partial charge in [0.1, 0.15) is 0 Å². The molecule has 166 valence electrons. The van der Waals surface area contributed by atoms with E-state index in [1.807, 2.05) is 0 Å². The maximum atomic E-state index is 11.7. The molecule has 0 saturated carbocycles. The molecule has 0 aromatic rings. The third-order valence-corrected chi connectivity index (χ3v) is 5.74. The van der Waals surface area contributed by atoms with Gasteiger partial charge in [-0.3, -0.25) is 9.69 Å². The molecular formula is C22H43NO4P-. The Morgan fingerprint density at radius 2 is 1.36 bits per heavy atom. The topological polar surface area (TPSA) is 95.5 Å². The van der Waals surface area contributed by atoms with E-state index in [1.165, 1.54) is 70.6 Å². The maximum absolute atomic E-state index is 11.7. The molecule has 0 saturated heterocycles. The van der Waals surface area contributed by atoms with E-state index in [9.17, 15) is 14.6 Å². The number of carbonyl (C=O) groups excluding carboxylic acids is 1. The van der Waals surface area contributed by atoms with E-state index in [1.54, 1.807) is 0 Å². The van der Waals surface area contributed by atoms with Crippen LogP contribution in [-0.2, 0) is 4.79 Å². The number of unbranched alkanes of at least 4 members (excludes halogenated alkanes) is 12. The van der Waals surface area contributed by atoms with Crippen LogP contribution >= 0.6 is 7.94 Å². The summed E-state index contributed by atoms with van der Waals surface area (Å²) in [7, 11) is -4.14. The molecule has 2 N–H and O–H groups in total. The van der Waals surface area contributed by atoms with Crippen molar-refractivity contribution in [2.75, 3.05) is 12.7 Å². The maximum Gasteiger partial charge on any atom is 0.219 e. The zero-order chi connectivity index (χ0) is 20.9. The van der Waals surface area contributed by atoms with Gasteiger partial charge in [-0.2, -0.15) is 0 Å². The SMILES string of the molecule is CCCCCCCC/C=C\CCCCCCCC(=O)NCCCC[P+]([O-])([O-])O. The molecule has 5 nitrogen and oxygen atoms in total. The fourth-order valence-electron chi connectivity index (χ4n) is 3.11. The molecule has 0 spiro atoms. The first-order chi connectivity index (χ1) is 13.5. The molecule has 0 aliphatic carbocycles. The molecule has 0 unspecified atom stereocenters. The molecule has 0 bridgehead atoms. The second kappa shape index (κ2) is 19.8. The second-order valence-electron chi connectivity index (χ2n) is 7.75. The molecule has 0 aromatic carbocycles. The molecule has 0 heterocycles. The Kier molecular flexibility index (Phi) is 19.5. The van der Waals surface area contributed by atoms with Crippen LogP contribution in [0.3, 0.4) is 0 Å². The van der Waals surface area contributed by atoms with Gasteiger partial charge in [0.15, 0.2) is 0 Å². The van der Waals surface area contributed by atoms with Crippen molar-refractivity contribution in [1.29, 1.82) is 0 Å². The molecule has 6 heteroatoms. The van der Waals surface area contributed by atoms with Crippen molar-refractivity contribution in [3.8, 4) is 0 Å². The molecule has 0 aromatic heterocycles. The van der Waals surface area contributed by atoms with Crippen LogP contribution in [0.4, 0.5) is 0 Å². The normalized spacial score (nSPS) is 12.0. The lowest BCUT2D eigenvalue weighted by molar-refractivity contribution is -0.331. The molecule has 0 rings (SSSR count). The van der Waals surface area contributed by atoms with Crippen molar-refractivity contribution < 1.29 is 19.5 Å². The minimum atomic E-state index is -4.14. The summed E-state index contributed by atoms with van der Waals surface area (Å²) in [5, 5.41) is 2.80. The van der Waals surface area contributed by atoms with E-state index in [-0.39, 0.29) is 12.1 Å². The molecule has 0 radical (unpaired) electrons. The van der Waals surface area contributed by atoms with E-state index >= 15 is 0 Å². The third kappa shape index (κ3) is 23.6. The number of allylic oxidation sites excluding steroid dienone is 2. The lowest BCUT2D eigenvalue weighted by atomic mass is 10.1. The fourth-order valence-corrected chi connectivity index (χ4v) is 3.73. The van der Waals surface area contributed by atoms with Crippen LogP contribution < -0.4 is 15.1 Å². The molecule has 0 fully saturated rings. The van der Waals surface area contributed by atoms with Crippen molar-refractivity contribution in [1.82, 2.24) is 5.32 Å². The second-order valence-corrected chi connectivity index (χ2v) is 9.47. The van der Waals surface area contributed by atoms with E-state index in [4.69, 9.17) is 4.89 Å². The van der Waals surface area contributed by atoms with Gasteiger partial charge in [-0.25, -0.2) is 0 Å². The van der Waals surface area contributed by atoms with Gasteiger partial charge in [0.25, 0.3) is 0 Å². The molecular weight excluding hydrogens is 373 g/mol. The predicted octanol–water partition coefficient (Wildman–Crippen LogP) is 4.40. The number of amides is 1. The smallest absolute Gasteiger partial charge is 0.219 e. The highest BCUT2D eigenvalue weighted by Crippen LogP contribution is 2.34. The number of carbonyl (C=O) groups is 1. The number of rotatable bonds is 20. The number of hydrogen-bond donors (Lipinski definition) is 2. The van der Waals surface area contributed by atoms with Crippen LogP contribution in [0.1, 0.15) is 110 Å². The minimum Gasteiger partial charge on any atom is -0.660 e. The van der Waals surface area contributed by atoms with Crippen LogP contribution in [0.15, 0.2) is 12.2 Å². The highest BCUT2D eigenvalue weighted by Gasteiger charge is 2.06. The Bertz CT molecular complexity index is 383. The minimum absolute atomic E-state index is 0.0342. The zero-order valence-electron chi connectivity index (χ0n) is 18.0. The highest BCUT2D eigenvalue weighted by atomic mass is 31.2. The zero-order valence-corrected chi connectivity index (χ0v) is 18.9. The Hall–Kier alpha value is -0.480. The Morgan fingerprint density at radius 1 is 0.821 bits per heavy atom. The molecule has 0 aliphatic heterocycles. The third-order valence-electron chi connectivity index (χ3n) is 4.86. The number of nitrogens with one attached hydrogen (secondary N) is 1. The van der Waals surface area contributed by atoms with Crippen LogP contribution in [-0.4, -0.2) is 23.5 Å². The Labute approximate surface area is 173 Å². The lowest BCUT2D eigenvalue weighted by Gasteiger charge is -2.27. The van der Waals surface area contributed by atoms with Gasteiger partial charge in [0.05, 0.1) is 6.16 Å². The largest absolute Gasteiger partial charge is 0.660 e. The summed E-state index contributed by atoms with van der Waals surface area (Å²) >= 11 is 0. The number of hydrogen-bond acceptors (Lipinski definition) is 4. The highest BCUT2D eigenvalue weighted by molar-refractivity contribution is 7.55. The van der Waals surface area contributed by atoms with Crippen molar-refractivity contribution >= 4 is 13.9 Å². The van der Waals surface area contributed by atoms with Crippen LogP contribution in [0.5, 0.6) is 0 Å². The van der Waals surface area contributed by atoms with Crippen LogP contribution in [0.25, 0.3) is 0 Å². The van der Waals surface area contributed by atoms with Gasteiger partial charge in [-0.05, 0) is 44.9 Å². The van der Waals surface area contributed by atoms with Crippen molar-refractivity contribution in [3.05, 3.63) is 12.2 Å². The van der Waals surface area contributed by atoms with Gasteiger partial charge in [0.2, 0.25) is 5.91 Å². The average molecular weight is 417 g/mol. The van der Waals surface area contributed by atoms with Crippen LogP contribution in [0, 0.1) is 0 Å². The Balaban J connectivity index is 3.25. The van der Waals surface area contributed by atoms with Crippen molar-refractivity contribution in [3.63, 3.8) is 0 Å². The van der Waals surface area contributed by atoms with E-state index < -0.39 is 7.94 Å². The first kappa shape index (κ1) is 27.5. The lowest BCUT2D eigenvalue weighted by Crippen LogP contribution is -2.26. The molecule has 0 aliphatic rings.